The second kappa shape index (κ2) is 6.06. The molecular formula is C9H17N5O2. The van der Waals surface area contributed by atoms with Crippen LogP contribution in [-0.4, -0.2) is 39.9 Å². The minimum Gasteiger partial charge on any atom is -0.377 e. The van der Waals surface area contributed by atoms with E-state index in [-0.39, 0.29) is 24.5 Å². The molecule has 90 valence electrons. The third-order valence-corrected chi connectivity index (χ3v) is 1.74. The van der Waals surface area contributed by atoms with Gasteiger partial charge in [-0.25, -0.2) is 9.67 Å². The second-order valence-electron chi connectivity index (χ2n) is 3.57. The number of rotatable bonds is 6. The molecule has 1 rings (SSSR count). The molecular weight excluding hydrogens is 210 g/mol. The van der Waals surface area contributed by atoms with Crippen LogP contribution in [0.1, 0.15) is 13.8 Å². The topological polar surface area (TPSA) is 95.1 Å². The SMILES string of the molecule is CC(C)OCCNC(=O)Cn1cnc(N)n1. The quantitative estimate of drug-likeness (QED) is 0.633. The Morgan fingerprint density at radius 3 is 3.00 bits per heavy atom. The van der Waals surface area contributed by atoms with Gasteiger partial charge >= 0.3 is 0 Å². The third-order valence-electron chi connectivity index (χ3n) is 1.74. The monoisotopic (exact) mass is 227 g/mol. The molecule has 0 aromatic carbocycles. The highest BCUT2D eigenvalue weighted by Crippen LogP contribution is 1.89. The van der Waals surface area contributed by atoms with E-state index in [2.05, 4.69) is 15.4 Å². The Labute approximate surface area is 94.0 Å². The van der Waals surface area contributed by atoms with E-state index in [4.69, 9.17) is 10.5 Å². The predicted molar refractivity (Wildman–Crippen MR) is 58.5 cm³/mol. The molecule has 1 amide bonds. The van der Waals surface area contributed by atoms with Crippen LogP contribution in [0.25, 0.3) is 0 Å². The minimum absolute atomic E-state index is 0.117. The molecule has 0 spiro atoms. The van der Waals surface area contributed by atoms with Crippen molar-refractivity contribution >= 4 is 11.9 Å². The van der Waals surface area contributed by atoms with Crippen molar-refractivity contribution in [1.82, 2.24) is 20.1 Å². The number of nitrogens with two attached hydrogens (primary N) is 1. The molecule has 3 N–H and O–H groups in total. The van der Waals surface area contributed by atoms with E-state index < -0.39 is 0 Å². The molecule has 7 nitrogen and oxygen atoms in total. The summed E-state index contributed by atoms with van der Waals surface area (Å²) in [6, 6.07) is 0. The molecule has 0 atom stereocenters. The molecule has 0 unspecified atom stereocenters. The minimum atomic E-state index is -0.141. The highest BCUT2D eigenvalue weighted by Gasteiger charge is 2.03. The molecule has 1 heterocycles. The van der Waals surface area contributed by atoms with Crippen LogP contribution in [0.2, 0.25) is 0 Å². The molecule has 16 heavy (non-hydrogen) atoms. The molecule has 0 aliphatic rings. The third kappa shape index (κ3) is 4.74. The Morgan fingerprint density at radius 2 is 2.44 bits per heavy atom. The van der Waals surface area contributed by atoms with Crippen LogP contribution in [0.4, 0.5) is 5.95 Å². The number of aromatic nitrogens is 3. The summed E-state index contributed by atoms with van der Waals surface area (Å²) in [7, 11) is 0. The van der Waals surface area contributed by atoms with Crippen molar-refractivity contribution in [1.29, 1.82) is 0 Å². The van der Waals surface area contributed by atoms with Gasteiger partial charge in [-0.2, -0.15) is 0 Å². The van der Waals surface area contributed by atoms with Gasteiger partial charge in [0.15, 0.2) is 0 Å². The number of hydrogen-bond acceptors (Lipinski definition) is 5. The lowest BCUT2D eigenvalue weighted by Gasteiger charge is -2.08. The Morgan fingerprint density at radius 1 is 1.69 bits per heavy atom. The Hall–Kier alpha value is -1.63. The van der Waals surface area contributed by atoms with Gasteiger partial charge < -0.3 is 15.8 Å². The number of nitrogens with zero attached hydrogens (tertiary/aromatic N) is 3. The zero-order valence-electron chi connectivity index (χ0n) is 9.51. The first-order valence-electron chi connectivity index (χ1n) is 5.11. The van der Waals surface area contributed by atoms with E-state index in [1.807, 2.05) is 13.8 Å². The number of nitrogens with one attached hydrogen (secondary N) is 1. The summed E-state index contributed by atoms with van der Waals surface area (Å²) in [5.41, 5.74) is 5.31. The molecule has 0 saturated carbocycles. The molecule has 1 aromatic rings. The van der Waals surface area contributed by atoms with E-state index in [0.29, 0.717) is 13.2 Å². The summed E-state index contributed by atoms with van der Waals surface area (Å²) in [6.07, 6.45) is 1.59. The van der Waals surface area contributed by atoms with E-state index in [1.54, 1.807) is 0 Å². The lowest BCUT2D eigenvalue weighted by Crippen LogP contribution is -2.31. The van der Waals surface area contributed by atoms with Crippen LogP contribution >= 0.6 is 0 Å². The average molecular weight is 227 g/mol. The van der Waals surface area contributed by atoms with Crippen molar-refractivity contribution in [3.8, 4) is 0 Å². The van der Waals surface area contributed by atoms with Gasteiger partial charge in [0, 0.05) is 6.54 Å². The maximum atomic E-state index is 11.4. The zero-order valence-corrected chi connectivity index (χ0v) is 9.51. The van der Waals surface area contributed by atoms with Crippen LogP contribution < -0.4 is 11.1 Å². The molecule has 1 aromatic heterocycles. The van der Waals surface area contributed by atoms with Crippen molar-refractivity contribution in [3.05, 3.63) is 6.33 Å². The molecule has 0 aliphatic heterocycles. The Balaban J connectivity index is 2.16. The summed E-state index contributed by atoms with van der Waals surface area (Å²) in [5.74, 6) is 0.0215. The first kappa shape index (κ1) is 12.4. The highest BCUT2D eigenvalue weighted by molar-refractivity contribution is 5.75. The fourth-order valence-corrected chi connectivity index (χ4v) is 1.07. The summed E-state index contributed by atoms with van der Waals surface area (Å²) in [5, 5.41) is 6.50. The number of anilines is 1. The van der Waals surface area contributed by atoms with E-state index in [1.165, 1.54) is 11.0 Å². The molecule has 7 heteroatoms. The van der Waals surface area contributed by atoms with Gasteiger partial charge in [-0.1, -0.05) is 0 Å². The second-order valence-corrected chi connectivity index (χ2v) is 3.57. The predicted octanol–water partition coefficient (Wildman–Crippen LogP) is -0.598. The fraction of sp³-hybridized carbons (Fsp3) is 0.667. The fourth-order valence-electron chi connectivity index (χ4n) is 1.07. The number of carbonyl (C=O) groups excluding carboxylic acids is 1. The van der Waals surface area contributed by atoms with E-state index >= 15 is 0 Å². The lowest BCUT2D eigenvalue weighted by molar-refractivity contribution is -0.122. The summed E-state index contributed by atoms with van der Waals surface area (Å²) in [6.45, 7) is 5.00. The van der Waals surface area contributed by atoms with Gasteiger partial charge in [-0.05, 0) is 13.8 Å². The first-order valence-corrected chi connectivity index (χ1v) is 5.11. The van der Waals surface area contributed by atoms with Crippen molar-refractivity contribution in [2.45, 2.75) is 26.5 Å². The number of amides is 1. The van der Waals surface area contributed by atoms with Crippen LogP contribution in [-0.2, 0) is 16.1 Å². The van der Waals surface area contributed by atoms with Gasteiger partial charge in [0.05, 0.1) is 12.7 Å². The largest absolute Gasteiger partial charge is 0.377 e. The van der Waals surface area contributed by atoms with Gasteiger partial charge in [0.25, 0.3) is 0 Å². The number of hydrogen-bond donors (Lipinski definition) is 2. The Kier molecular flexibility index (Phi) is 4.71. The smallest absolute Gasteiger partial charge is 0.241 e. The van der Waals surface area contributed by atoms with Crippen LogP contribution in [0.5, 0.6) is 0 Å². The van der Waals surface area contributed by atoms with Gasteiger partial charge in [0.1, 0.15) is 12.9 Å². The standard InChI is InChI=1S/C9H17N5O2/c1-7(2)16-4-3-11-8(15)5-14-6-12-9(10)13-14/h6-7H,3-5H2,1-2H3,(H2,10,13)(H,11,15). The normalized spacial score (nSPS) is 10.7. The number of nitrogen functional groups attached to an aromatic ring is 1. The first-order chi connectivity index (χ1) is 7.58. The maximum Gasteiger partial charge on any atom is 0.241 e. The van der Waals surface area contributed by atoms with E-state index in [0.717, 1.165) is 0 Å². The lowest BCUT2D eigenvalue weighted by atomic mass is 10.5. The maximum absolute atomic E-state index is 11.4. The summed E-state index contributed by atoms with van der Waals surface area (Å²) >= 11 is 0. The molecule has 0 bridgehead atoms. The summed E-state index contributed by atoms with van der Waals surface area (Å²) in [4.78, 5) is 15.1. The highest BCUT2D eigenvalue weighted by atomic mass is 16.5. The van der Waals surface area contributed by atoms with Crippen LogP contribution in [0.3, 0.4) is 0 Å². The van der Waals surface area contributed by atoms with Crippen LogP contribution in [0, 0.1) is 0 Å². The van der Waals surface area contributed by atoms with Crippen LogP contribution in [0.15, 0.2) is 6.33 Å². The van der Waals surface area contributed by atoms with Gasteiger partial charge in [-0.15, -0.1) is 5.10 Å². The molecule has 0 radical (unpaired) electrons. The molecule has 0 aliphatic carbocycles. The number of carbonyl (C=O) groups is 1. The average Bonchev–Trinajstić information content (AvgIpc) is 2.58. The van der Waals surface area contributed by atoms with Crippen molar-refractivity contribution < 1.29 is 9.53 Å². The zero-order chi connectivity index (χ0) is 12.0. The van der Waals surface area contributed by atoms with Crippen molar-refractivity contribution in [2.24, 2.45) is 0 Å². The van der Waals surface area contributed by atoms with Gasteiger partial charge in [-0.3, -0.25) is 4.79 Å². The van der Waals surface area contributed by atoms with Crippen molar-refractivity contribution in [3.63, 3.8) is 0 Å². The number of ether oxygens (including phenoxy) is 1. The summed E-state index contributed by atoms with van der Waals surface area (Å²) < 4.78 is 6.66. The molecule has 0 fully saturated rings. The van der Waals surface area contributed by atoms with E-state index in [9.17, 15) is 4.79 Å². The molecule has 0 saturated heterocycles. The van der Waals surface area contributed by atoms with Gasteiger partial charge in [0.2, 0.25) is 11.9 Å². The van der Waals surface area contributed by atoms with Crippen molar-refractivity contribution in [2.75, 3.05) is 18.9 Å². The Bertz CT molecular complexity index is 336.